The molecule has 0 unspecified atom stereocenters. The molecule has 0 spiro atoms. The normalized spacial score (nSPS) is 18.9. The first-order chi connectivity index (χ1) is 13.8. The van der Waals surface area contributed by atoms with Gasteiger partial charge in [-0.1, -0.05) is 66.9 Å². The molecule has 5 nitrogen and oxygen atoms in total. The van der Waals surface area contributed by atoms with Crippen LogP contribution < -0.4 is 0 Å². The number of carbonyl (C=O) groups excluding carboxylic acids is 1. The van der Waals surface area contributed by atoms with Crippen LogP contribution in [-0.4, -0.2) is 21.0 Å². The van der Waals surface area contributed by atoms with Gasteiger partial charge in [0.05, 0.1) is 16.9 Å². The van der Waals surface area contributed by atoms with Gasteiger partial charge in [0.1, 0.15) is 11.5 Å². The number of benzene rings is 2. The van der Waals surface area contributed by atoms with Crippen LogP contribution >= 0.6 is 0 Å². The third-order valence-corrected chi connectivity index (χ3v) is 5.60. The summed E-state index contributed by atoms with van der Waals surface area (Å²) in [6.45, 7) is 0. The second kappa shape index (κ2) is 7.08. The average molecular weight is 371 g/mol. The highest BCUT2D eigenvalue weighted by Crippen LogP contribution is 2.36. The lowest BCUT2D eigenvalue weighted by Crippen LogP contribution is -2.19. The molecule has 0 bridgehead atoms. The maximum Gasteiger partial charge on any atom is 0.345 e. The van der Waals surface area contributed by atoms with Crippen molar-refractivity contribution in [3.8, 4) is 16.9 Å². The molecule has 1 aromatic heterocycles. The number of esters is 1. The van der Waals surface area contributed by atoms with Gasteiger partial charge in [0.2, 0.25) is 0 Å². The number of hydrogen-bond acceptors (Lipinski definition) is 4. The van der Waals surface area contributed by atoms with E-state index in [2.05, 4.69) is 10.3 Å². The Labute approximate surface area is 163 Å². The van der Waals surface area contributed by atoms with E-state index < -0.39 is 0 Å². The number of ether oxygens (including phenoxy) is 1. The number of carbonyl (C=O) groups is 1. The lowest BCUT2D eigenvalue weighted by Gasteiger charge is -2.25. The van der Waals surface area contributed by atoms with Gasteiger partial charge in [0.25, 0.3) is 0 Å². The highest BCUT2D eigenvalue weighted by Gasteiger charge is 2.28. The first kappa shape index (κ1) is 16.9. The topological polar surface area (TPSA) is 57.0 Å². The summed E-state index contributed by atoms with van der Waals surface area (Å²) in [6, 6.07) is 17.4. The number of cyclic esters (lactones) is 1. The largest absolute Gasteiger partial charge is 0.427 e. The van der Waals surface area contributed by atoms with E-state index in [1.54, 1.807) is 10.7 Å². The minimum atomic E-state index is -0.324. The minimum absolute atomic E-state index is 0.259. The Balaban J connectivity index is 1.72. The highest BCUT2D eigenvalue weighted by molar-refractivity contribution is 5.95. The van der Waals surface area contributed by atoms with Crippen molar-refractivity contribution < 1.29 is 9.53 Å². The molecule has 5 rings (SSSR count). The van der Waals surface area contributed by atoms with Gasteiger partial charge in [-0.2, -0.15) is 0 Å². The second-order valence-electron chi connectivity index (χ2n) is 7.39. The summed E-state index contributed by atoms with van der Waals surface area (Å²) in [5.74, 6) is 0.671. The van der Waals surface area contributed by atoms with Crippen LogP contribution in [0.1, 0.15) is 48.2 Å². The molecular weight excluding hydrogens is 350 g/mol. The number of fused-ring (bicyclic) bond motifs is 3. The maximum atomic E-state index is 12.9. The fourth-order valence-electron chi connectivity index (χ4n) is 4.14. The van der Waals surface area contributed by atoms with Crippen molar-refractivity contribution in [2.24, 2.45) is 5.92 Å². The van der Waals surface area contributed by atoms with Crippen LogP contribution in [0.15, 0.2) is 60.4 Å². The number of aromatic nitrogens is 3. The lowest BCUT2D eigenvalue weighted by atomic mass is 9.87. The molecule has 5 heteroatoms. The molecule has 0 amide bonds. The number of hydrogen-bond donors (Lipinski definition) is 0. The lowest BCUT2D eigenvalue weighted by molar-refractivity contribution is 0.0578. The summed E-state index contributed by atoms with van der Waals surface area (Å²) < 4.78 is 7.69. The summed E-state index contributed by atoms with van der Waals surface area (Å²) in [4.78, 5) is 12.9. The summed E-state index contributed by atoms with van der Waals surface area (Å²) in [5.41, 5.74) is 3.84. The van der Waals surface area contributed by atoms with Gasteiger partial charge in [0, 0.05) is 17.6 Å². The molecule has 1 aliphatic carbocycles. The van der Waals surface area contributed by atoms with E-state index in [0.29, 0.717) is 11.3 Å². The first-order valence-electron chi connectivity index (χ1n) is 9.85. The van der Waals surface area contributed by atoms with E-state index in [4.69, 9.17) is 4.74 Å². The second-order valence-corrected chi connectivity index (χ2v) is 7.39. The summed E-state index contributed by atoms with van der Waals surface area (Å²) in [6.07, 6.45) is 7.64. The zero-order valence-electron chi connectivity index (χ0n) is 15.5. The third-order valence-electron chi connectivity index (χ3n) is 5.60. The van der Waals surface area contributed by atoms with Gasteiger partial charge in [0.15, 0.2) is 0 Å². The molecule has 1 fully saturated rings. The summed E-state index contributed by atoms with van der Waals surface area (Å²) in [5, 5.41) is 8.86. The van der Waals surface area contributed by atoms with Gasteiger partial charge < -0.3 is 4.74 Å². The van der Waals surface area contributed by atoms with Crippen molar-refractivity contribution in [1.29, 1.82) is 0 Å². The monoisotopic (exact) mass is 371 g/mol. The van der Waals surface area contributed by atoms with Crippen LogP contribution in [0.3, 0.4) is 0 Å². The Morgan fingerprint density at radius 2 is 1.68 bits per heavy atom. The third kappa shape index (κ3) is 2.93. The van der Waals surface area contributed by atoms with Gasteiger partial charge >= 0.3 is 5.97 Å². The number of nitrogens with zero attached hydrogens (tertiary/aromatic N) is 3. The summed E-state index contributed by atoms with van der Waals surface area (Å²) in [7, 11) is 0. The summed E-state index contributed by atoms with van der Waals surface area (Å²) >= 11 is 0. The molecule has 0 atom stereocenters. The Bertz CT molecular complexity index is 1050. The van der Waals surface area contributed by atoms with Crippen molar-refractivity contribution >= 4 is 12.0 Å². The van der Waals surface area contributed by atoms with Crippen LogP contribution in [0.2, 0.25) is 0 Å². The molecule has 140 valence electrons. The molecule has 1 aliphatic heterocycles. The Morgan fingerprint density at radius 1 is 0.929 bits per heavy atom. The molecule has 0 radical (unpaired) electrons. The molecule has 2 aromatic carbocycles. The van der Waals surface area contributed by atoms with Gasteiger partial charge in [-0.3, -0.25) is 0 Å². The zero-order valence-corrected chi connectivity index (χ0v) is 15.5. The quantitative estimate of drug-likeness (QED) is 0.593. The van der Waals surface area contributed by atoms with E-state index in [0.717, 1.165) is 35.6 Å². The van der Waals surface area contributed by atoms with Gasteiger partial charge in [-0.25, -0.2) is 9.48 Å². The van der Waals surface area contributed by atoms with E-state index in [1.807, 2.05) is 54.6 Å². The van der Waals surface area contributed by atoms with E-state index >= 15 is 0 Å². The SMILES string of the molecule is O=C1O/C(C2CCCCC2)=C\c2c(-c3ccccc3)nnn2-c2ccccc21. The highest BCUT2D eigenvalue weighted by atomic mass is 16.5. The zero-order chi connectivity index (χ0) is 18.9. The molecule has 3 aromatic rings. The predicted molar refractivity (Wildman–Crippen MR) is 107 cm³/mol. The smallest absolute Gasteiger partial charge is 0.345 e. The number of rotatable bonds is 2. The van der Waals surface area contributed by atoms with Crippen LogP contribution in [0.25, 0.3) is 23.0 Å². The Morgan fingerprint density at radius 3 is 2.50 bits per heavy atom. The molecule has 2 aliphatic rings. The average Bonchev–Trinajstić information content (AvgIpc) is 3.16. The van der Waals surface area contributed by atoms with Crippen molar-refractivity contribution in [3.05, 3.63) is 71.6 Å². The van der Waals surface area contributed by atoms with Crippen molar-refractivity contribution in [2.45, 2.75) is 32.1 Å². The van der Waals surface area contributed by atoms with E-state index in [1.165, 1.54) is 19.3 Å². The molecule has 28 heavy (non-hydrogen) atoms. The fraction of sp³-hybridized carbons (Fsp3) is 0.261. The van der Waals surface area contributed by atoms with Crippen LogP contribution in [0.5, 0.6) is 0 Å². The molecule has 1 saturated carbocycles. The van der Waals surface area contributed by atoms with Crippen LogP contribution in [0.4, 0.5) is 0 Å². The fourth-order valence-corrected chi connectivity index (χ4v) is 4.14. The Kier molecular flexibility index (Phi) is 4.28. The first-order valence-corrected chi connectivity index (χ1v) is 9.85. The Hall–Kier alpha value is -3.21. The van der Waals surface area contributed by atoms with Gasteiger partial charge in [-0.05, 0) is 25.0 Å². The van der Waals surface area contributed by atoms with E-state index in [-0.39, 0.29) is 11.9 Å². The predicted octanol–water partition coefficient (Wildman–Crippen LogP) is 5.03. The van der Waals surface area contributed by atoms with Crippen molar-refractivity contribution in [3.63, 3.8) is 0 Å². The number of para-hydroxylation sites is 1. The maximum absolute atomic E-state index is 12.9. The molecule has 0 N–H and O–H groups in total. The van der Waals surface area contributed by atoms with Crippen LogP contribution in [-0.2, 0) is 4.74 Å². The van der Waals surface area contributed by atoms with Gasteiger partial charge in [-0.15, -0.1) is 5.10 Å². The number of allylic oxidation sites excluding steroid dienone is 1. The standard InChI is InChI=1S/C23H21N3O2/c27-23-18-13-7-8-14-19(18)26-20(15-21(28-23)16-9-3-1-4-10-16)22(24-25-26)17-11-5-2-6-12-17/h2,5-8,11-16H,1,3-4,9-10H2/b21-15-. The van der Waals surface area contributed by atoms with Crippen LogP contribution in [0, 0.1) is 5.92 Å². The van der Waals surface area contributed by atoms with E-state index in [9.17, 15) is 4.79 Å². The molecule has 0 saturated heterocycles. The molecular formula is C23H21N3O2. The minimum Gasteiger partial charge on any atom is -0.427 e. The van der Waals surface area contributed by atoms with Crippen molar-refractivity contribution in [2.75, 3.05) is 0 Å². The molecule has 2 heterocycles. The van der Waals surface area contributed by atoms with Crippen molar-refractivity contribution in [1.82, 2.24) is 15.0 Å².